The molecule has 0 aromatic heterocycles. The second-order valence-corrected chi connectivity index (χ2v) is 7.03. The van der Waals surface area contributed by atoms with E-state index >= 15 is 0 Å². The highest BCUT2D eigenvalue weighted by molar-refractivity contribution is 7.89. The van der Waals surface area contributed by atoms with Gasteiger partial charge in [-0.2, -0.15) is 4.31 Å². The summed E-state index contributed by atoms with van der Waals surface area (Å²) < 4.78 is 26.4. The van der Waals surface area contributed by atoms with Gasteiger partial charge in [0.05, 0.1) is 11.4 Å². The van der Waals surface area contributed by atoms with Crippen LogP contribution in [-0.2, 0) is 14.8 Å². The summed E-state index contributed by atoms with van der Waals surface area (Å²) in [6.45, 7) is 7.01. The van der Waals surface area contributed by atoms with Gasteiger partial charge in [0.1, 0.15) is 0 Å². The first kappa shape index (κ1) is 17.5. The van der Waals surface area contributed by atoms with E-state index in [0.29, 0.717) is 11.3 Å². The number of nitrogens with one attached hydrogen (secondary N) is 1. The van der Waals surface area contributed by atoms with Crippen molar-refractivity contribution in [1.82, 2.24) is 9.62 Å². The number of likely N-dealkylation sites (N-methyl/N-ethyl adjacent to an activating group) is 1. The van der Waals surface area contributed by atoms with E-state index in [4.69, 9.17) is 5.73 Å². The van der Waals surface area contributed by atoms with Crippen molar-refractivity contribution in [3.8, 4) is 0 Å². The fraction of sp³-hybridized carbons (Fsp3) is 0.500. The van der Waals surface area contributed by atoms with E-state index in [2.05, 4.69) is 5.32 Å². The highest BCUT2D eigenvalue weighted by Crippen LogP contribution is 2.23. The molecule has 6 nitrogen and oxygen atoms in total. The Morgan fingerprint density at radius 2 is 2.00 bits per heavy atom. The van der Waals surface area contributed by atoms with Crippen LogP contribution in [0.1, 0.15) is 26.3 Å². The molecule has 0 aliphatic carbocycles. The molecule has 118 valence electrons. The van der Waals surface area contributed by atoms with Crippen molar-refractivity contribution in [3.05, 3.63) is 23.8 Å². The predicted octanol–water partition coefficient (Wildman–Crippen LogP) is 1.11. The normalized spacial score (nSPS) is 11.9. The van der Waals surface area contributed by atoms with E-state index in [1.54, 1.807) is 26.0 Å². The molecule has 0 spiro atoms. The Bertz CT molecular complexity index is 612. The average Bonchev–Trinajstić information content (AvgIpc) is 2.37. The molecule has 1 amide bonds. The summed E-state index contributed by atoms with van der Waals surface area (Å²) in [6, 6.07) is 4.71. The van der Waals surface area contributed by atoms with Crippen LogP contribution in [0.15, 0.2) is 23.1 Å². The fourth-order valence-corrected chi connectivity index (χ4v) is 3.61. The number of hydrogen-bond acceptors (Lipinski definition) is 4. The van der Waals surface area contributed by atoms with Gasteiger partial charge in [-0.15, -0.1) is 0 Å². The number of anilines is 1. The topological polar surface area (TPSA) is 92.5 Å². The molecule has 1 rings (SSSR count). The number of nitrogens with zero attached hydrogens (tertiary/aromatic N) is 1. The number of amides is 1. The summed E-state index contributed by atoms with van der Waals surface area (Å²) in [5.74, 6) is -0.322. The third-order valence-corrected chi connectivity index (χ3v) is 5.13. The Morgan fingerprint density at radius 1 is 1.38 bits per heavy atom. The molecule has 0 aliphatic heterocycles. The molecule has 0 fully saturated rings. The van der Waals surface area contributed by atoms with Crippen LogP contribution >= 0.6 is 0 Å². The zero-order valence-corrected chi connectivity index (χ0v) is 13.7. The van der Waals surface area contributed by atoms with Crippen molar-refractivity contribution in [2.75, 3.05) is 18.8 Å². The maximum Gasteiger partial charge on any atom is 0.243 e. The largest absolute Gasteiger partial charge is 0.398 e. The first-order chi connectivity index (χ1) is 9.70. The Morgan fingerprint density at radius 3 is 2.52 bits per heavy atom. The lowest BCUT2D eigenvalue weighted by Crippen LogP contribution is -2.42. The predicted molar refractivity (Wildman–Crippen MR) is 83.3 cm³/mol. The van der Waals surface area contributed by atoms with Gasteiger partial charge in [-0.25, -0.2) is 8.42 Å². The van der Waals surface area contributed by atoms with Crippen molar-refractivity contribution in [2.24, 2.45) is 0 Å². The molecule has 0 aliphatic rings. The summed E-state index contributed by atoms with van der Waals surface area (Å²) in [7, 11) is -3.74. The summed E-state index contributed by atoms with van der Waals surface area (Å²) in [5, 5.41) is 2.69. The van der Waals surface area contributed by atoms with Gasteiger partial charge in [-0.1, -0.05) is 13.0 Å². The minimum atomic E-state index is -3.74. The molecule has 0 unspecified atom stereocenters. The van der Waals surface area contributed by atoms with Crippen LogP contribution in [0.3, 0.4) is 0 Å². The first-order valence-electron chi connectivity index (χ1n) is 6.84. The van der Waals surface area contributed by atoms with E-state index in [9.17, 15) is 13.2 Å². The third kappa shape index (κ3) is 4.18. The number of carbonyl (C=O) groups excluding carboxylic acids is 1. The maximum atomic E-state index is 12.6. The van der Waals surface area contributed by atoms with Gasteiger partial charge in [0.25, 0.3) is 0 Å². The van der Waals surface area contributed by atoms with Gasteiger partial charge >= 0.3 is 0 Å². The molecule has 0 radical (unpaired) electrons. The van der Waals surface area contributed by atoms with Gasteiger partial charge in [0.15, 0.2) is 0 Å². The minimum absolute atomic E-state index is 0.0342. The van der Waals surface area contributed by atoms with Gasteiger partial charge in [-0.3, -0.25) is 4.79 Å². The minimum Gasteiger partial charge on any atom is -0.398 e. The zero-order chi connectivity index (χ0) is 16.2. The highest BCUT2D eigenvalue weighted by Gasteiger charge is 2.27. The number of sulfonamides is 1. The van der Waals surface area contributed by atoms with Crippen LogP contribution in [-0.4, -0.2) is 37.8 Å². The second-order valence-electron chi connectivity index (χ2n) is 5.12. The van der Waals surface area contributed by atoms with E-state index in [0.717, 1.165) is 4.31 Å². The van der Waals surface area contributed by atoms with E-state index in [1.165, 1.54) is 6.07 Å². The molecule has 1 aromatic rings. The molecule has 0 heterocycles. The molecule has 0 atom stereocenters. The summed E-state index contributed by atoms with van der Waals surface area (Å²) >= 11 is 0. The molecular formula is C14H23N3O3S. The summed E-state index contributed by atoms with van der Waals surface area (Å²) in [5.41, 5.74) is 6.68. The quantitative estimate of drug-likeness (QED) is 0.770. The van der Waals surface area contributed by atoms with Crippen molar-refractivity contribution in [3.63, 3.8) is 0 Å². The van der Waals surface area contributed by atoms with Crippen LogP contribution in [0.4, 0.5) is 5.69 Å². The van der Waals surface area contributed by atoms with Crippen LogP contribution in [0.25, 0.3) is 0 Å². The summed E-state index contributed by atoms with van der Waals surface area (Å²) in [4.78, 5) is 12.0. The van der Waals surface area contributed by atoms with Gasteiger partial charge in [0.2, 0.25) is 15.9 Å². The lowest BCUT2D eigenvalue weighted by atomic mass is 10.2. The van der Waals surface area contributed by atoms with Crippen molar-refractivity contribution < 1.29 is 13.2 Å². The molecule has 0 bridgehead atoms. The Labute approximate surface area is 126 Å². The number of nitrogens with two attached hydrogens (primary N) is 1. The van der Waals surface area contributed by atoms with Crippen LogP contribution < -0.4 is 11.1 Å². The fourth-order valence-electron chi connectivity index (χ4n) is 1.94. The third-order valence-electron chi connectivity index (χ3n) is 3.07. The molecule has 21 heavy (non-hydrogen) atoms. The van der Waals surface area contributed by atoms with E-state index < -0.39 is 10.0 Å². The SMILES string of the molecule is CCN(CC(=O)NC(C)C)S(=O)(=O)c1cccc(N)c1C. The lowest BCUT2D eigenvalue weighted by molar-refractivity contribution is -0.121. The number of hydrogen-bond donors (Lipinski definition) is 2. The summed E-state index contributed by atoms with van der Waals surface area (Å²) in [6.07, 6.45) is 0. The molecule has 0 saturated heterocycles. The Hall–Kier alpha value is -1.60. The van der Waals surface area contributed by atoms with Crippen molar-refractivity contribution in [1.29, 1.82) is 0 Å². The molecular weight excluding hydrogens is 290 g/mol. The van der Waals surface area contributed by atoms with Gasteiger partial charge in [-0.05, 0) is 38.5 Å². The van der Waals surface area contributed by atoms with Crippen LogP contribution in [0, 0.1) is 6.92 Å². The Balaban J connectivity index is 3.08. The number of nitrogen functional groups attached to an aromatic ring is 1. The number of rotatable bonds is 6. The monoisotopic (exact) mass is 313 g/mol. The molecule has 1 aromatic carbocycles. The van der Waals surface area contributed by atoms with Gasteiger partial charge < -0.3 is 11.1 Å². The lowest BCUT2D eigenvalue weighted by Gasteiger charge is -2.22. The maximum absolute atomic E-state index is 12.6. The van der Waals surface area contributed by atoms with Crippen molar-refractivity contribution in [2.45, 2.75) is 38.6 Å². The number of benzene rings is 1. The molecule has 3 N–H and O–H groups in total. The second kappa shape index (κ2) is 6.91. The Kier molecular flexibility index (Phi) is 5.74. The smallest absolute Gasteiger partial charge is 0.243 e. The zero-order valence-electron chi connectivity index (χ0n) is 12.9. The van der Waals surface area contributed by atoms with Gasteiger partial charge in [0, 0.05) is 18.3 Å². The van der Waals surface area contributed by atoms with Crippen LogP contribution in [0.5, 0.6) is 0 Å². The van der Waals surface area contributed by atoms with Crippen molar-refractivity contribution >= 4 is 21.6 Å². The van der Waals surface area contributed by atoms with Crippen LogP contribution in [0.2, 0.25) is 0 Å². The average molecular weight is 313 g/mol. The van der Waals surface area contributed by atoms with E-state index in [1.807, 2.05) is 13.8 Å². The number of carbonyl (C=O) groups is 1. The molecule has 0 saturated carbocycles. The first-order valence-corrected chi connectivity index (χ1v) is 8.28. The molecule has 7 heteroatoms. The standard InChI is InChI=1S/C14H23N3O3S/c1-5-17(9-14(18)16-10(2)3)21(19,20)13-8-6-7-12(15)11(13)4/h6-8,10H,5,9,15H2,1-4H3,(H,16,18). The highest BCUT2D eigenvalue weighted by atomic mass is 32.2. The van der Waals surface area contributed by atoms with E-state index in [-0.39, 0.29) is 29.9 Å².